The van der Waals surface area contributed by atoms with Crippen LogP contribution in [0.15, 0.2) is 24.0 Å². The number of aryl methyl sites for hydroxylation is 1. The second-order valence-electron chi connectivity index (χ2n) is 5.92. The summed E-state index contributed by atoms with van der Waals surface area (Å²) in [6, 6.07) is 4.25. The molecule has 0 bridgehead atoms. The van der Waals surface area contributed by atoms with Gasteiger partial charge in [0.1, 0.15) is 5.76 Å². The van der Waals surface area contributed by atoms with Crippen LogP contribution in [0, 0.1) is 5.92 Å². The molecule has 0 aromatic heterocycles. The van der Waals surface area contributed by atoms with E-state index in [1.165, 1.54) is 31.0 Å². The molecule has 2 N–H and O–H groups in total. The second kappa shape index (κ2) is 8.43. The van der Waals surface area contributed by atoms with Crippen LogP contribution < -0.4 is 15.2 Å². The third-order valence-corrected chi connectivity index (χ3v) is 5.07. The van der Waals surface area contributed by atoms with E-state index in [9.17, 15) is 0 Å². The molecule has 2 aliphatic carbocycles. The largest absolute Gasteiger partial charge is 0.497 e. The first kappa shape index (κ1) is 18.7. The van der Waals surface area contributed by atoms with Crippen molar-refractivity contribution < 1.29 is 14.2 Å². The third-order valence-electron chi connectivity index (χ3n) is 5.07. The van der Waals surface area contributed by atoms with Crippen molar-refractivity contribution in [3.63, 3.8) is 0 Å². The number of benzene rings is 1. The monoisotopic (exact) mass is 333 g/mol. The third kappa shape index (κ3) is 3.00. The molecule has 1 aromatic rings. The molecule has 1 aliphatic heterocycles. The van der Waals surface area contributed by atoms with E-state index in [-0.39, 0.29) is 6.10 Å². The van der Waals surface area contributed by atoms with Crippen molar-refractivity contribution in [3.8, 4) is 11.5 Å². The molecule has 1 aromatic carbocycles. The van der Waals surface area contributed by atoms with Crippen molar-refractivity contribution in [2.45, 2.75) is 51.6 Å². The molecule has 4 rings (SSSR count). The summed E-state index contributed by atoms with van der Waals surface area (Å²) in [6.07, 6.45) is 6.99. The maximum Gasteiger partial charge on any atom is 0.166 e. The lowest BCUT2D eigenvalue weighted by molar-refractivity contribution is 0.128. The Morgan fingerprint density at radius 3 is 2.50 bits per heavy atom. The summed E-state index contributed by atoms with van der Waals surface area (Å²) in [5.74, 6) is 3.94. The summed E-state index contributed by atoms with van der Waals surface area (Å²) in [5, 5.41) is 0. The minimum Gasteiger partial charge on any atom is -0.497 e. The van der Waals surface area contributed by atoms with Crippen LogP contribution in [-0.4, -0.2) is 27.4 Å². The molecular formula is C20H31NO3. The highest BCUT2D eigenvalue weighted by atomic mass is 16.6. The van der Waals surface area contributed by atoms with Crippen molar-refractivity contribution in [2.75, 3.05) is 21.3 Å². The summed E-state index contributed by atoms with van der Waals surface area (Å²) < 4.78 is 17.4. The molecule has 134 valence electrons. The molecule has 4 nitrogen and oxygen atoms in total. The standard InChI is InChI=1S/C17H20O3.C2H6.CH5N/c1-18-12-5-3-4-10-6-7-11-8-9-13(19-2)17-15(11)14(10)16(12)20-17;2*1-2/h5,8-10,14,16H,3-4,6-7H2,1-2H3;1-2H3;2H2,1H3. The minimum absolute atomic E-state index is 0.0397. The molecule has 3 atom stereocenters. The maximum absolute atomic E-state index is 6.29. The van der Waals surface area contributed by atoms with E-state index in [2.05, 4.69) is 17.9 Å². The van der Waals surface area contributed by atoms with Gasteiger partial charge in [-0.1, -0.05) is 19.9 Å². The van der Waals surface area contributed by atoms with Gasteiger partial charge in [-0.25, -0.2) is 0 Å². The molecule has 24 heavy (non-hydrogen) atoms. The Bertz CT molecular complexity index is 582. The molecule has 0 radical (unpaired) electrons. The lowest BCUT2D eigenvalue weighted by Gasteiger charge is -2.31. The Morgan fingerprint density at radius 1 is 1.08 bits per heavy atom. The topological polar surface area (TPSA) is 53.7 Å². The van der Waals surface area contributed by atoms with Crippen LogP contribution in [0.1, 0.15) is 50.2 Å². The zero-order valence-electron chi connectivity index (χ0n) is 15.6. The molecule has 4 heteroatoms. The van der Waals surface area contributed by atoms with Gasteiger partial charge in [0.05, 0.1) is 14.2 Å². The van der Waals surface area contributed by atoms with Gasteiger partial charge in [-0.2, -0.15) is 0 Å². The SMILES string of the molecule is CC.CN.COC1=CCCC2CCc3ccc(OC)c4c3C2C1O4. The van der Waals surface area contributed by atoms with Gasteiger partial charge >= 0.3 is 0 Å². The van der Waals surface area contributed by atoms with E-state index in [0.717, 1.165) is 30.1 Å². The predicted octanol–water partition coefficient (Wildman–Crippen LogP) is 4.03. The Labute approximate surface area is 146 Å². The van der Waals surface area contributed by atoms with E-state index in [1.807, 2.05) is 19.9 Å². The molecule has 1 heterocycles. The van der Waals surface area contributed by atoms with Gasteiger partial charge in [-0.15, -0.1) is 0 Å². The average Bonchev–Trinajstić information content (AvgIpc) is 2.96. The fourth-order valence-electron chi connectivity index (χ4n) is 4.16. The van der Waals surface area contributed by atoms with Crippen LogP contribution in [-0.2, 0) is 11.2 Å². The zero-order valence-corrected chi connectivity index (χ0v) is 15.6. The van der Waals surface area contributed by atoms with Crippen molar-refractivity contribution >= 4 is 0 Å². The van der Waals surface area contributed by atoms with E-state index < -0.39 is 0 Å². The minimum atomic E-state index is 0.0397. The van der Waals surface area contributed by atoms with Gasteiger partial charge < -0.3 is 19.9 Å². The molecule has 0 fully saturated rings. The number of rotatable bonds is 2. The van der Waals surface area contributed by atoms with E-state index in [4.69, 9.17) is 14.2 Å². The van der Waals surface area contributed by atoms with E-state index in [1.54, 1.807) is 14.2 Å². The fourth-order valence-corrected chi connectivity index (χ4v) is 4.16. The number of methoxy groups -OCH3 is 2. The number of allylic oxidation sites excluding steroid dienone is 1. The molecule has 0 saturated carbocycles. The molecular weight excluding hydrogens is 302 g/mol. The van der Waals surface area contributed by atoms with Crippen LogP contribution in [0.3, 0.4) is 0 Å². The van der Waals surface area contributed by atoms with Crippen LogP contribution in [0.2, 0.25) is 0 Å². The van der Waals surface area contributed by atoms with Crippen LogP contribution in [0.5, 0.6) is 11.5 Å². The maximum atomic E-state index is 6.29. The number of nitrogens with two attached hydrogens (primary N) is 1. The Morgan fingerprint density at radius 2 is 1.83 bits per heavy atom. The first-order chi connectivity index (χ1) is 11.8. The number of ether oxygens (including phenoxy) is 3. The summed E-state index contributed by atoms with van der Waals surface area (Å²) in [4.78, 5) is 0. The Kier molecular flexibility index (Phi) is 6.55. The number of hydrogen-bond acceptors (Lipinski definition) is 4. The smallest absolute Gasteiger partial charge is 0.166 e. The lowest BCUT2D eigenvalue weighted by Crippen LogP contribution is -2.29. The summed E-state index contributed by atoms with van der Waals surface area (Å²) in [5.41, 5.74) is 7.32. The molecule has 0 amide bonds. The normalized spacial score (nSPS) is 25.4. The van der Waals surface area contributed by atoms with Crippen LogP contribution in [0.4, 0.5) is 0 Å². The van der Waals surface area contributed by atoms with Gasteiger partial charge in [0.2, 0.25) is 0 Å². The predicted molar refractivity (Wildman–Crippen MR) is 97.7 cm³/mol. The highest BCUT2D eigenvalue weighted by molar-refractivity contribution is 5.58. The van der Waals surface area contributed by atoms with E-state index in [0.29, 0.717) is 11.8 Å². The molecule has 3 aliphatic rings. The van der Waals surface area contributed by atoms with Gasteiger partial charge in [0, 0.05) is 11.5 Å². The highest BCUT2D eigenvalue weighted by Crippen LogP contribution is 2.56. The summed E-state index contributed by atoms with van der Waals surface area (Å²) >= 11 is 0. The highest BCUT2D eigenvalue weighted by Gasteiger charge is 2.47. The molecule has 3 unspecified atom stereocenters. The van der Waals surface area contributed by atoms with E-state index >= 15 is 0 Å². The van der Waals surface area contributed by atoms with Crippen molar-refractivity contribution in [2.24, 2.45) is 11.7 Å². The van der Waals surface area contributed by atoms with Gasteiger partial charge in [0.25, 0.3) is 0 Å². The van der Waals surface area contributed by atoms with Crippen molar-refractivity contribution in [1.82, 2.24) is 0 Å². The van der Waals surface area contributed by atoms with Crippen LogP contribution in [0.25, 0.3) is 0 Å². The summed E-state index contributed by atoms with van der Waals surface area (Å²) in [7, 11) is 4.96. The molecule has 0 saturated heterocycles. The Hall–Kier alpha value is -1.68. The van der Waals surface area contributed by atoms with Gasteiger partial charge in [-0.3, -0.25) is 0 Å². The quantitative estimate of drug-likeness (QED) is 0.888. The first-order valence-corrected chi connectivity index (χ1v) is 9.01. The van der Waals surface area contributed by atoms with Crippen LogP contribution >= 0.6 is 0 Å². The lowest BCUT2D eigenvalue weighted by atomic mass is 9.72. The fraction of sp³-hybridized carbons (Fsp3) is 0.600. The first-order valence-electron chi connectivity index (χ1n) is 9.01. The van der Waals surface area contributed by atoms with Crippen molar-refractivity contribution in [3.05, 3.63) is 35.1 Å². The number of hydrogen-bond donors (Lipinski definition) is 1. The Balaban J connectivity index is 0.000000487. The zero-order chi connectivity index (χ0) is 17.7. The summed E-state index contributed by atoms with van der Waals surface area (Å²) in [6.45, 7) is 4.00. The second-order valence-corrected chi connectivity index (χ2v) is 5.92. The van der Waals surface area contributed by atoms with Gasteiger partial charge in [0.15, 0.2) is 17.6 Å². The molecule has 0 spiro atoms. The average molecular weight is 333 g/mol. The van der Waals surface area contributed by atoms with Crippen molar-refractivity contribution in [1.29, 1.82) is 0 Å². The van der Waals surface area contributed by atoms with Gasteiger partial charge in [-0.05, 0) is 56.4 Å².